The molecular formula is C17H12N2OS. The number of amides is 1. The van der Waals surface area contributed by atoms with Crippen LogP contribution in [0, 0.1) is 0 Å². The standard InChI is InChI=1S/C17H12N2OS/c20-16-9-13-8-12(6-7-14(13)19-16)15-10-18-17(21-15)11-4-2-1-3-5-11/h1-8,10H,9H2,(H,19,20). The molecule has 0 atom stereocenters. The van der Waals surface area contributed by atoms with Gasteiger partial charge in [0.15, 0.2) is 0 Å². The lowest BCUT2D eigenvalue weighted by molar-refractivity contribution is -0.115. The first-order valence-corrected chi connectivity index (χ1v) is 7.56. The molecule has 0 unspecified atom stereocenters. The maximum atomic E-state index is 11.4. The summed E-state index contributed by atoms with van der Waals surface area (Å²) in [6.45, 7) is 0. The highest BCUT2D eigenvalue weighted by molar-refractivity contribution is 7.18. The Bertz CT molecular complexity index is 824. The largest absolute Gasteiger partial charge is 0.326 e. The first-order chi connectivity index (χ1) is 10.3. The third kappa shape index (κ3) is 2.23. The molecule has 21 heavy (non-hydrogen) atoms. The van der Waals surface area contributed by atoms with Gasteiger partial charge in [0.05, 0.1) is 11.3 Å². The number of aromatic nitrogens is 1. The average Bonchev–Trinajstić information content (AvgIpc) is 3.12. The van der Waals surface area contributed by atoms with E-state index in [1.807, 2.05) is 36.5 Å². The quantitative estimate of drug-likeness (QED) is 0.776. The summed E-state index contributed by atoms with van der Waals surface area (Å²) in [6, 6.07) is 16.2. The van der Waals surface area contributed by atoms with Crippen LogP contribution < -0.4 is 5.32 Å². The van der Waals surface area contributed by atoms with Crippen molar-refractivity contribution < 1.29 is 4.79 Å². The summed E-state index contributed by atoms with van der Waals surface area (Å²) in [6.07, 6.45) is 2.37. The Labute approximate surface area is 126 Å². The number of fused-ring (bicyclic) bond motifs is 1. The summed E-state index contributed by atoms with van der Waals surface area (Å²) in [5.74, 6) is 0.0661. The number of thiazole rings is 1. The van der Waals surface area contributed by atoms with Gasteiger partial charge in [0.25, 0.3) is 0 Å². The molecule has 102 valence electrons. The zero-order valence-electron chi connectivity index (χ0n) is 11.2. The van der Waals surface area contributed by atoms with Gasteiger partial charge in [-0.05, 0) is 23.3 Å². The molecule has 4 heteroatoms. The Morgan fingerprint density at radius 2 is 1.90 bits per heavy atom. The third-order valence-electron chi connectivity index (χ3n) is 3.54. The van der Waals surface area contributed by atoms with Gasteiger partial charge in [-0.3, -0.25) is 4.79 Å². The number of benzene rings is 2. The summed E-state index contributed by atoms with van der Waals surface area (Å²) in [5, 5.41) is 3.87. The first kappa shape index (κ1) is 12.3. The minimum absolute atomic E-state index is 0.0661. The molecule has 2 aromatic carbocycles. The van der Waals surface area contributed by atoms with Gasteiger partial charge in [0.1, 0.15) is 5.01 Å². The molecule has 1 amide bonds. The summed E-state index contributed by atoms with van der Waals surface area (Å²) >= 11 is 1.67. The number of hydrogen-bond acceptors (Lipinski definition) is 3. The van der Waals surface area contributed by atoms with Crippen LogP contribution in [0.1, 0.15) is 5.56 Å². The Morgan fingerprint density at radius 3 is 2.76 bits per heavy atom. The number of nitrogens with zero attached hydrogens (tertiary/aromatic N) is 1. The molecule has 1 aliphatic rings. The highest BCUT2D eigenvalue weighted by Gasteiger charge is 2.18. The van der Waals surface area contributed by atoms with E-state index >= 15 is 0 Å². The molecule has 3 aromatic rings. The van der Waals surface area contributed by atoms with Crippen LogP contribution in [0.4, 0.5) is 5.69 Å². The molecule has 0 radical (unpaired) electrons. The third-order valence-corrected chi connectivity index (χ3v) is 4.64. The van der Waals surface area contributed by atoms with Crippen LogP contribution in [0.15, 0.2) is 54.7 Å². The van der Waals surface area contributed by atoms with Crippen LogP contribution in [0.25, 0.3) is 21.0 Å². The molecule has 4 rings (SSSR count). The zero-order chi connectivity index (χ0) is 14.2. The predicted molar refractivity (Wildman–Crippen MR) is 85.3 cm³/mol. The molecule has 0 saturated heterocycles. The normalized spacial score (nSPS) is 13.0. The van der Waals surface area contributed by atoms with Crippen LogP contribution in [0.2, 0.25) is 0 Å². The van der Waals surface area contributed by atoms with Crippen LogP contribution >= 0.6 is 11.3 Å². The molecule has 2 heterocycles. The van der Waals surface area contributed by atoms with E-state index in [1.54, 1.807) is 11.3 Å². The molecule has 0 fully saturated rings. The van der Waals surface area contributed by atoms with Crippen molar-refractivity contribution in [2.75, 3.05) is 5.32 Å². The lowest BCUT2D eigenvalue weighted by atomic mass is 10.1. The smallest absolute Gasteiger partial charge is 0.228 e. The lowest BCUT2D eigenvalue weighted by Gasteiger charge is -2.01. The molecule has 3 nitrogen and oxygen atoms in total. The van der Waals surface area contributed by atoms with E-state index in [4.69, 9.17) is 0 Å². The van der Waals surface area contributed by atoms with E-state index < -0.39 is 0 Å². The minimum atomic E-state index is 0.0661. The SMILES string of the molecule is O=C1Cc2cc(-c3cnc(-c4ccccc4)s3)ccc2N1. The molecule has 1 aromatic heterocycles. The van der Waals surface area contributed by atoms with Gasteiger partial charge >= 0.3 is 0 Å². The second kappa shape index (κ2) is 4.82. The van der Waals surface area contributed by atoms with E-state index in [0.717, 1.165) is 32.3 Å². The summed E-state index contributed by atoms with van der Waals surface area (Å²) in [5.41, 5.74) is 4.24. The van der Waals surface area contributed by atoms with Crippen molar-refractivity contribution in [3.8, 4) is 21.0 Å². The Kier molecular flexibility index (Phi) is 2.82. The summed E-state index contributed by atoms with van der Waals surface area (Å²) in [4.78, 5) is 17.0. The second-order valence-electron chi connectivity index (χ2n) is 4.99. The van der Waals surface area contributed by atoms with Crippen molar-refractivity contribution in [1.82, 2.24) is 4.98 Å². The highest BCUT2D eigenvalue weighted by Crippen LogP contribution is 2.34. The van der Waals surface area contributed by atoms with Crippen molar-refractivity contribution in [1.29, 1.82) is 0 Å². The van der Waals surface area contributed by atoms with E-state index in [2.05, 4.69) is 28.5 Å². The molecule has 0 saturated carbocycles. The molecule has 1 N–H and O–H groups in total. The number of rotatable bonds is 2. The van der Waals surface area contributed by atoms with E-state index in [9.17, 15) is 4.79 Å². The van der Waals surface area contributed by atoms with Crippen LogP contribution in [-0.4, -0.2) is 10.9 Å². The second-order valence-corrected chi connectivity index (χ2v) is 6.02. The van der Waals surface area contributed by atoms with Gasteiger partial charge in [0, 0.05) is 17.4 Å². The summed E-state index contributed by atoms with van der Waals surface area (Å²) < 4.78 is 0. The maximum Gasteiger partial charge on any atom is 0.228 e. The number of nitrogens with one attached hydrogen (secondary N) is 1. The fourth-order valence-electron chi connectivity index (χ4n) is 2.50. The van der Waals surface area contributed by atoms with Crippen molar-refractivity contribution in [3.05, 3.63) is 60.3 Å². The van der Waals surface area contributed by atoms with E-state index in [0.29, 0.717) is 6.42 Å². The topological polar surface area (TPSA) is 42.0 Å². The minimum Gasteiger partial charge on any atom is -0.326 e. The van der Waals surface area contributed by atoms with Crippen molar-refractivity contribution >= 4 is 22.9 Å². The molecule has 0 bridgehead atoms. The maximum absolute atomic E-state index is 11.4. The lowest BCUT2D eigenvalue weighted by Crippen LogP contribution is -2.03. The van der Waals surface area contributed by atoms with Gasteiger partial charge in [0.2, 0.25) is 5.91 Å². The zero-order valence-corrected chi connectivity index (χ0v) is 12.0. The van der Waals surface area contributed by atoms with Crippen LogP contribution in [0.3, 0.4) is 0 Å². The van der Waals surface area contributed by atoms with E-state index in [1.165, 1.54) is 0 Å². The highest BCUT2D eigenvalue weighted by atomic mass is 32.1. The monoisotopic (exact) mass is 292 g/mol. The van der Waals surface area contributed by atoms with Gasteiger partial charge < -0.3 is 5.32 Å². The van der Waals surface area contributed by atoms with Crippen molar-refractivity contribution in [2.45, 2.75) is 6.42 Å². The fraction of sp³-hybridized carbons (Fsp3) is 0.0588. The first-order valence-electron chi connectivity index (χ1n) is 6.74. The number of carbonyl (C=O) groups is 1. The average molecular weight is 292 g/mol. The van der Waals surface area contributed by atoms with E-state index in [-0.39, 0.29) is 5.91 Å². The van der Waals surface area contributed by atoms with Gasteiger partial charge in [-0.25, -0.2) is 4.98 Å². The Hall–Kier alpha value is -2.46. The summed E-state index contributed by atoms with van der Waals surface area (Å²) in [7, 11) is 0. The van der Waals surface area contributed by atoms with Crippen molar-refractivity contribution in [2.24, 2.45) is 0 Å². The van der Waals surface area contributed by atoms with Gasteiger partial charge in [-0.2, -0.15) is 0 Å². The fourth-order valence-corrected chi connectivity index (χ4v) is 3.42. The van der Waals surface area contributed by atoms with Gasteiger partial charge in [-0.1, -0.05) is 36.4 Å². The Morgan fingerprint density at radius 1 is 1.05 bits per heavy atom. The van der Waals surface area contributed by atoms with Crippen LogP contribution in [-0.2, 0) is 11.2 Å². The van der Waals surface area contributed by atoms with Crippen LogP contribution in [0.5, 0.6) is 0 Å². The number of hydrogen-bond donors (Lipinski definition) is 1. The number of anilines is 1. The molecule has 0 aliphatic carbocycles. The molecule has 0 spiro atoms. The molecule has 1 aliphatic heterocycles. The predicted octanol–water partition coefficient (Wildman–Crippen LogP) is 3.97. The molecular weight excluding hydrogens is 280 g/mol. The van der Waals surface area contributed by atoms with Crippen molar-refractivity contribution in [3.63, 3.8) is 0 Å². The van der Waals surface area contributed by atoms with Gasteiger partial charge in [-0.15, -0.1) is 11.3 Å². The number of carbonyl (C=O) groups excluding carboxylic acids is 1. The Balaban J connectivity index is 1.71.